The first-order valence-electron chi connectivity index (χ1n) is 9.59. The number of nitrogens with zero attached hydrogens (tertiary/aromatic N) is 1. The molecule has 28 heavy (non-hydrogen) atoms. The Labute approximate surface area is 166 Å². The summed E-state index contributed by atoms with van der Waals surface area (Å²) < 4.78 is 0. The summed E-state index contributed by atoms with van der Waals surface area (Å²) >= 11 is 0. The van der Waals surface area contributed by atoms with E-state index in [1.165, 1.54) is 5.56 Å². The molecule has 0 unspecified atom stereocenters. The second-order valence-electron chi connectivity index (χ2n) is 7.59. The summed E-state index contributed by atoms with van der Waals surface area (Å²) in [6, 6.07) is 17.8. The minimum absolute atomic E-state index is 0.430. The number of amides is 1. The highest BCUT2D eigenvalue weighted by Crippen LogP contribution is 2.32. The molecule has 1 heterocycles. The van der Waals surface area contributed by atoms with Gasteiger partial charge in [0.15, 0.2) is 0 Å². The Kier molecular flexibility index (Phi) is 5.90. The Morgan fingerprint density at radius 2 is 1.75 bits per heavy atom. The first-order valence-corrected chi connectivity index (χ1v) is 9.59. The number of carbonyl (C=O) groups is 1. The molecule has 0 aliphatic heterocycles. The van der Waals surface area contributed by atoms with Crippen LogP contribution in [0.25, 0.3) is 22.4 Å². The lowest BCUT2D eigenvalue weighted by molar-refractivity contribution is 0.100. The standard InChI is InChI=1S/C24H27N3O/c1-15(2)11-23-21(14-25)20(17-9-7-16(3)8-10-17)13-22(27-23)18-5-4-6-19(12-18)24(26)28/h4-10,12-13,15H,11,14,25H2,1-3H3,(H2,26,28). The van der Waals surface area contributed by atoms with Crippen molar-refractivity contribution in [2.45, 2.75) is 33.7 Å². The number of rotatable bonds is 6. The molecule has 4 N–H and O–H groups in total. The molecule has 0 saturated heterocycles. The van der Waals surface area contributed by atoms with Crippen molar-refractivity contribution in [3.8, 4) is 22.4 Å². The van der Waals surface area contributed by atoms with Gasteiger partial charge in [-0.2, -0.15) is 0 Å². The smallest absolute Gasteiger partial charge is 0.248 e. The van der Waals surface area contributed by atoms with E-state index in [1.807, 2.05) is 12.1 Å². The SMILES string of the molecule is Cc1ccc(-c2cc(-c3cccc(C(N)=O)c3)nc(CC(C)C)c2CN)cc1. The Morgan fingerprint density at radius 3 is 2.36 bits per heavy atom. The minimum atomic E-state index is -0.443. The van der Waals surface area contributed by atoms with Crippen molar-refractivity contribution in [3.05, 3.63) is 77.0 Å². The largest absolute Gasteiger partial charge is 0.366 e. The molecule has 0 atom stereocenters. The highest BCUT2D eigenvalue weighted by atomic mass is 16.1. The van der Waals surface area contributed by atoms with Gasteiger partial charge in [-0.05, 0) is 54.2 Å². The lowest BCUT2D eigenvalue weighted by Crippen LogP contribution is -2.11. The van der Waals surface area contributed by atoms with Crippen LogP contribution in [-0.4, -0.2) is 10.9 Å². The third kappa shape index (κ3) is 4.29. The van der Waals surface area contributed by atoms with E-state index in [0.717, 1.165) is 40.1 Å². The maximum atomic E-state index is 11.6. The molecule has 0 saturated carbocycles. The van der Waals surface area contributed by atoms with Crippen LogP contribution in [-0.2, 0) is 13.0 Å². The number of primary amides is 1. The number of pyridine rings is 1. The predicted octanol–water partition coefficient (Wildman–Crippen LogP) is 4.48. The molecule has 4 nitrogen and oxygen atoms in total. The van der Waals surface area contributed by atoms with E-state index in [4.69, 9.17) is 16.5 Å². The monoisotopic (exact) mass is 373 g/mol. The second-order valence-corrected chi connectivity index (χ2v) is 7.59. The number of aryl methyl sites for hydroxylation is 1. The maximum absolute atomic E-state index is 11.6. The topological polar surface area (TPSA) is 82.0 Å². The van der Waals surface area contributed by atoms with Gasteiger partial charge >= 0.3 is 0 Å². The van der Waals surface area contributed by atoms with Crippen molar-refractivity contribution in [2.24, 2.45) is 17.4 Å². The van der Waals surface area contributed by atoms with Gasteiger partial charge in [-0.1, -0.05) is 55.8 Å². The van der Waals surface area contributed by atoms with Crippen LogP contribution in [0.2, 0.25) is 0 Å². The van der Waals surface area contributed by atoms with Crippen LogP contribution in [0.3, 0.4) is 0 Å². The molecular formula is C24H27N3O. The number of nitrogens with two attached hydrogens (primary N) is 2. The van der Waals surface area contributed by atoms with Gasteiger partial charge in [0, 0.05) is 23.4 Å². The fourth-order valence-corrected chi connectivity index (χ4v) is 3.38. The van der Waals surface area contributed by atoms with Crippen molar-refractivity contribution in [2.75, 3.05) is 0 Å². The maximum Gasteiger partial charge on any atom is 0.248 e. The van der Waals surface area contributed by atoms with Gasteiger partial charge in [-0.15, -0.1) is 0 Å². The molecule has 3 aromatic rings. The van der Waals surface area contributed by atoms with E-state index in [0.29, 0.717) is 18.0 Å². The minimum Gasteiger partial charge on any atom is -0.366 e. The molecule has 144 valence electrons. The van der Waals surface area contributed by atoms with E-state index < -0.39 is 5.91 Å². The van der Waals surface area contributed by atoms with Crippen molar-refractivity contribution in [1.82, 2.24) is 4.98 Å². The second kappa shape index (κ2) is 8.36. The van der Waals surface area contributed by atoms with Crippen LogP contribution >= 0.6 is 0 Å². The molecule has 0 radical (unpaired) electrons. The molecule has 1 amide bonds. The zero-order chi connectivity index (χ0) is 20.3. The number of benzene rings is 2. The fraction of sp³-hybridized carbons (Fsp3) is 0.250. The van der Waals surface area contributed by atoms with Crippen LogP contribution in [0, 0.1) is 12.8 Å². The van der Waals surface area contributed by atoms with Crippen LogP contribution in [0.4, 0.5) is 0 Å². The molecule has 3 rings (SSSR count). The highest BCUT2D eigenvalue weighted by molar-refractivity contribution is 5.94. The summed E-state index contributed by atoms with van der Waals surface area (Å²) in [4.78, 5) is 16.5. The van der Waals surface area contributed by atoms with Crippen molar-refractivity contribution >= 4 is 5.91 Å². The molecule has 0 aliphatic rings. The van der Waals surface area contributed by atoms with Gasteiger partial charge in [0.1, 0.15) is 0 Å². The predicted molar refractivity (Wildman–Crippen MR) is 115 cm³/mol. The molecule has 0 fully saturated rings. The zero-order valence-electron chi connectivity index (χ0n) is 16.7. The summed E-state index contributed by atoms with van der Waals surface area (Å²) in [6.45, 7) is 6.85. The molecule has 2 aromatic carbocycles. The van der Waals surface area contributed by atoms with Crippen LogP contribution < -0.4 is 11.5 Å². The van der Waals surface area contributed by atoms with Gasteiger partial charge in [-0.25, -0.2) is 0 Å². The summed E-state index contributed by atoms with van der Waals surface area (Å²) in [6.07, 6.45) is 0.842. The fourth-order valence-electron chi connectivity index (χ4n) is 3.38. The third-order valence-corrected chi connectivity index (χ3v) is 4.82. The molecule has 4 heteroatoms. The van der Waals surface area contributed by atoms with Crippen LogP contribution in [0.15, 0.2) is 54.6 Å². The average molecular weight is 374 g/mol. The molecule has 0 spiro atoms. The lowest BCUT2D eigenvalue weighted by Gasteiger charge is -2.17. The lowest BCUT2D eigenvalue weighted by atomic mass is 9.92. The van der Waals surface area contributed by atoms with Gasteiger partial charge in [-0.3, -0.25) is 9.78 Å². The summed E-state index contributed by atoms with van der Waals surface area (Å²) in [7, 11) is 0. The first-order chi connectivity index (χ1) is 13.4. The van der Waals surface area contributed by atoms with E-state index in [2.05, 4.69) is 51.1 Å². The average Bonchev–Trinajstić information content (AvgIpc) is 2.67. The quantitative estimate of drug-likeness (QED) is 0.668. The Morgan fingerprint density at radius 1 is 1.04 bits per heavy atom. The van der Waals surface area contributed by atoms with Crippen LogP contribution in [0.5, 0.6) is 0 Å². The number of hydrogen-bond donors (Lipinski definition) is 2. The number of carbonyl (C=O) groups excluding carboxylic acids is 1. The van der Waals surface area contributed by atoms with E-state index in [-0.39, 0.29) is 0 Å². The molecular weight excluding hydrogens is 346 g/mol. The summed E-state index contributed by atoms with van der Waals surface area (Å²) in [5, 5.41) is 0. The Balaban J connectivity index is 2.23. The number of aromatic nitrogens is 1. The van der Waals surface area contributed by atoms with E-state index >= 15 is 0 Å². The van der Waals surface area contributed by atoms with Gasteiger partial charge < -0.3 is 11.5 Å². The van der Waals surface area contributed by atoms with Gasteiger partial charge in [0.2, 0.25) is 5.91 Å². The highest BCUT2D eigenvalue weighted by Gasteiger charge is 2.16. The molecule has 1 aromatic heterocycles. The zero-order valence-corrected chi connectivity index (χ0v) is 16.7. The van der Waals surface area contributed by atoms with Crippen molar-refractivity contribution in [3.63, 3.8) is 0 Å². The van der Waals surface area contributed by atoms with Crippen molar-refractivity contribution < 1.29 is 4.79 Å². The Hall–Kier alpha value is -2.98. The Bertz CT molecular complexity index is 991. The number of hydrogen-bond acceptors (Lipinski definition) is 3. The molecule has 0 bridgehead atoms. The van der Waals surface area contributed by atoms with E-state index in [1.54, 1.807) is 12.1 Å². The summed E-state index contributed by atoms with van der Waals surface area (Å²) in [5.74, 6) is 0.0115. The first kappa shape index (κ1) is 19.8. The van der Waals surface area contributed by atoms with Gasteiger partial charge in [0.05, 0.1) is 5.69 Å². The van der Waals surface area contributed by atoms with Gasteiger partial charge in [0.25, 0.3) is 0 Å². The molecule has 0 aliphatic carbocycles. The third-order valence-electron chi connectivity index (χ3n) is 4.82. The summed E-state index contributed by atoms with van der Waals surface area (Å²) in [5.41, 5.74) is 19.3. The normalized spacial score (nSPS) is 11.0. The van der Waals surface area contributed by atoms with Crippen molar-refractivity contribution in [1.29, 1.82) is 0 Å². The van der Waals surface area contributed by atoms with Crippen LogP contribution in [0.1, 0.15) is 41.0 Å². The van der Waals surface area contributed by atoms with E-state index in [9.17, 15) is 4.79 Å².